The van der Waals surface area contributed by atoms with Crippen LogP contribution in [-0.2, 0) is 33.2 Å². The Morgan fingerprint density at radius 1 is 0.464 bits per heavy atom. The van der Waals surface area contributed by atoms with Crippen LogP contribution in [0.4, 0.5) is 0 Å². The molecule has 2 fully saturated rings. The fraction of sp³-hybridized carbons (Fsp3) is 0.909. The summed E-state index contributed by atoms with van der Waals surface area (Å²) in [6.45, 7) is 3.66. The lowest BCUT2D eigenvalue weighted by molar-refractivity contribution is -0.332. The standard InChI is InChI=1S/C55H102O14/c1-3-5-7-9-11-13-15-16-17-18-19-20-21-22-23-24-25-26-27-29-31-33-35-37-39-64-41-44(67-47(57)38-36-34-32-30-28-14-12-10-8-6-4-2)42-65-54-53(63)51(61)49(59)46(69-54)43-66-55-52(62)50(60)48(58)45(40-56)68-55/h10,12,18-19,44-46,48-56,58-63H,3-9,11,13-17,20-43H2,1-2H3/b12-10-,19-18-. The zero-order valence-corrected chi connectivity index (χ0v) is 43.3. The van der Waals surface area contributed by atoms with Crippen molar-refractivity contribution in [3.05, 3.63) is 24.3 Å². The van der Waals surface area contributed by atoms with Gasteiger partial charge in [-0.1, -0.05) is 179 Å². The van der Waals surface area contributed by atoms with E-state index in [0.29, 0.717) is 13.0 Å². The minimum atomic E-state index is -1.71. The maximum Gasteiger partial charge on any atom is 0.306 e. The van der Waals surface area contributed by atoms with Gasteiger partial charge in [-0.3, -0.25) is 4.79 Å². The summed E-state index contributed by atoms with van der Waals surface area (Å²) >= 11 is 0. The van der Waals surface area contributed by atoms with E-state index in [1.54, 1.807) is 0 Å². The molecule has 11 unspecified atom stereocenters. The molecule has 0 spiro atoms. The molecule has 2 aliphatic rings. The first-order valence-electron chi connectivity index (χ1n) is 27.9. The molecule has 2 aliphatic heterocycles. The van der Waals surface area contributed by atoms with E-state index in [1.807, 2.05) is 0 Å². The number of hydrogen-bond acceptors (Lipinski definition) is 14. The Hall–Kier alpha value is -1.53. The number of carbonyl (C=O) groups is 1. The third kappa shape index (κ3) is 30.3. The predicted octanol–water partition coefficient (Wildman–Crippen LogP) is 9.19. The molecule has 406 valence electrons. The molecule has 7 N–H and O–H groups in total. The average Bonchev–Trinajstić information content (AvgIpc) is 3.35. The van der Waals surface area contributed by atoms with Crippen LogP contribution in [0, 0.1) is 0 Å². The van der Waals surface area contributed by atoms with E-state index in [9.17, 15) is 40.5 Å². The van der Waals surface area contributed by atoms with Crippen LogP contribution in [0.5, 0.6) is 0 Å². The van der Waals surface area contributed by atoms with Gasteiger partial charge in [0, 0.05) is 13.0 Å². The molecule has 0 amide bonds. The molecule has 2 heterocycles. The Kier molecular flexibility index (Phi) is 39.6. The van der Waals surface area contributed by atoms with Gasteiger partial charge in [-0.2, -0.15) is 0 Å². The summed E-state index contributed by atoms with van der Waals surface area (Å²) in [5.41, 5.74) is 0. The zero-order chi connectivity index (χ0) is 50.2. The fourth-order valence-electron chi connectivity index (χ4n) is 8.85. The Balaban J connectivity index is 1.68. The third-order valence-electron chi connectivity index (χ3n) is 13.4. The van der Waals surface area contributed by atoms with Crippen LogP contribution >= 0.6 is 0 Å². The molecule has 0 saturated carbocycles. The molecule has 0 bridgehead atoms. The molecule has 0 aromatic carbocycles. The zero-order valence-electron chi connectivity index (χ0n) is 43.3. The highest BCUT2D eigenvalue weighted by atomic mass is 16.7. The van der Waals surface area contributed by atoms with E-state index in [2.05, 4.69) is 38.2 Å². The molecular weight excluding hydrogens is 885 g/mol. The minimum absolute atomic E-state index is 0.0607. The van der Waals surface area contributed by atoms with Crippen molar-refractivity contribution in [3.8, 4) is 0 Å². The first-order valence-corrected chi connectivity index (χ1v) is 27.9. The highest BCUT2D eigenvalue weighted by Crippen LogP contribution is 2.26. The summed E-state index contributed by atoms with van der Waals surface area (Å²) in [5.74, 6) is -0.385. The van der Waals surface area contributed by atoms with Gasteiger partial charge in [0.05, 0.1) is 26.4 Å². The van der Waals surface area contributed by atoms with Gasteiger partial charge in [-0.05, 0) is 57.8 Å². The SMILES string of the molecule is CCCC/C=C\CCCCCCCC(=O)OC(COCCCCCCCCCCCCCC/C=C\CCCCCCCCCC)COC1OC(COC2OC(CO)C(O)C(O)C2O)C(O)C(O)C1O. The number of aliphatic hydroxyl groups is 7. The van der Waals surface area contributed by atoms with Gasteiger partial charge in [0.25, 0.3) is 0 Å². The van der Waals surface area contributed by atoms with Crippen molar-refractivity contribution >= 4 is 5.97 Å². The van der Waals surface area contributed by atoms with Gasteiger partial charge < -0.3 is 64.2 Å². The van der Waals surface area contributed by atoms with E-state index in [-0.39, 0.29) is 25.6 Å². The summed E-state index contributed by atoms with van der Waals surface area (Å²) < 4.78 is 34.3. The first kappa shape index (κ1) is 63.6. The maximum atomic E-state index is 13.0. The summed E-state index contributed by atoms with van der Waals surface area (Å²) in [4.78, 5) is 13.0. The number of rotatable bonds is 45. The van der Waals surface area contributed by atoms with Crippen LogP contribution in [0.3, 0.4) is 0 Å². The highest BCUT2D eigenvalue weighted by Gasteiger charge is 2.47. The minimum Gasteiger partial charge on any atom is -0.457 e. The van der Waals surface area contributed by atoms with Crippen LogP contribution in [0.1, 0.15) is 219 Å². The lowest BCUT2D eigenvalue weighted by Gasteiger charge is -2.42. The number of esters is 1. The van der Waals surface area contributed by atoms with Crippen molar-refractivity contribution < 1.29 is 69.0 Å². The van der Waals surface area contributed by atoms with Crippen LogP contribution < -0.4 is 0 Å². The lowest BCUT2D eigenvalue weighted by Crippen LogP contribution is -2.61. The number of allylic oxidation sites excluding steroid dienone is 4. The van der Waals surface area contributed by atoms with Crippen LogP contribution in [0.15, 0.2) is 24.3 Å². The van der Waals surface area contributed by atoms with Gasteiger partial charge in [0.1, 0.15) is 54.9 Å². The van der Waals surface area contributed by atoms with Crippen LogP contribution in [0.25, 0.3) is 0 Å². The van der Waals surface area contributed by atoms with Gasteiger partial charge in [-0.25, -0.2) is 0 Å². The van der Waals surface area contributed by atoms with Crippen molar-refractivity contribution in [2.45, 2.75) is 287 Å². The molecular formula is C55H102O14. The molecule has 14 heteroatoms. The Labute approximate surface area is 417 Å². The monoisotopic (exact) mass is 987 g/mol. The van der Waals surface area contributed by atoms with Gasteiger partial charge >= 0.3 is 5.97 Å². The summed E-state index contributed by atoms with van der Waals surface area (Å²) in [6, 6.07) is 0. The van der Waals surface area contributed by atoms with E-state index in [0.717, 1.165) is 57.8 Å². The predicted molar refractivity (Wildman–Crippen MR) is 270 cm³/mol. The van der Waals surface area contributed by atoms with Crippen molar-refractivity contribution in [3.63, 3.8) is 0 Å². The summed E-state index contributed by atoms with van der Waals surface area (Å²) in [5, 5.41) is 72.1. The second kappa shape index (κ2) is 42.9. The van der Waals surface area contributed by atoms with Gasteiger partial charge in [-0.15, -0.1) is 0 Å². The average molecular weight is 987 g/mol. The lowest BCUT2D eigenvalue weighted by atomic mass is 9.98. The summed E-state index contributed by atoms with van der Waals surface area (Å²) in [6.07, 6.45) is 31.1. The molecule has 69 heavy (non-hydrogen) atoms. The van der Waals surface area contributed by atoms with Crippen LogP contribution in [0.2, 0.25) is 0 Å². The Morgan fingerprint density at radius 2 is 0.870 bits per heavy atom. The molecule has 0 aromatic heterocycles. The quantitative estimate of drug-likeness (QED) is 0.0172. The first-order chi connectivity index (χ1) is 33.6. The summed E-state index contributed by atoms with van der Waals surface area (Å²) in [7, 11) is 0. The van der Waals surface area contributed by atoms with Crippen LogP contribution in [-0.4, -0.2) is 142 Å². The van der Waals surface area contributed by atoms with E-state index >= 15 is 0 Å². The smallest absolute Gasteiger partial charge is 0.306 e. The molecule has 2 rings (SSSR count). The van der Waals surface area contributed by atoms with Gasteiger partial charge in [0.15, 0.2) is 12.6 Å². The largest absolute Gasteiger partial charge is 0.457 e. The van der Waals surface area contributed by atoms with Crippen molar-refractivity contribution in [1.82, 2.24) is 0 Å². The van der Waals surface area contributed by atoms with E-state index in [1.165, 1.54) is 135 Å². The van der Waals surface area contributed by atoms with E-state index in [4.69, 9.17) is 28.4 Å². The normalized spacial score (nSPS) is 25.8. The molecule has 0 aliphatic carbocycles. The molecule has 2 saturated heterocycles. The maximum absolute atomic E-state index is 13.0. The molecule has 14 nitrogen and oxygen atoms in total. The van der Waals surface area contributed by atoms with Crippen molar-refractivity contribution in [1.29, 1.82) is 0 Å². The van der Waals surface area contributed by atoms with Crippen molar-refractivity contribution in [2.24, 2.45) is 0 Å². The molecule has 0 aromatic rings. The van der Waals surface area contributed by atoms with Gasteiger partial charge in [0.2, 0.25) is 0 Å². The fourth-order valence-corrected chi connectivity index (χ4v) is 8.85. The topological polar surface area (TPSA) is 214 Å². The second-order valence-electron chi connectivity index (χ2n) is 19.8. The number of unbranched alkanes of at least 4 members (excludes halogenated alkanes) is 27. The highest BCUT2D eigenvalue weighted by molar-refractivity contribution is 5.69. The van der Waals surface area contributed by atoms with Crippen molar-refractivity contribution in [2.75, 3.05) is 33.0 Å². The second-order valence-corrected chi connectivity index (χ2v) is 19.8. The molecule has 0 radical (unpaired) electrons. The number of aliphatic hydroxyl groups excluding tert-OH is 7. The number of hydrogen-bond donors (Lipinski definition) is 7. The number of carbonyl (C=O) groups excluding carboxylic acids is 1. The molecule has 11 atom stereocenters. The number of ether oxygens (including phenoxy) is 6. The Bertz CT molecular complexity index is 1240. The third-order valence-corrected chi connectivity index (χ3v) is 13.4. The van der Waals surface area contributed by atoms with E-state index < -0.39 is 80.7 Å². The Morgan fingerprint density at radius 3 is 1.36 bits per heavy atom.